The zero-order valence-electron chi connectivity index (χ0n) is 11.9. The van der Waals surface area contributed by atoms with Crippen molar-refractivity contribution in [1.29, 1.82) is 0 Å². The normalized spacial score (nSPS) is 13.0. The van der Waals surface area contributed by atoms with Crippen LogP contribution >= 0.6 is 0 Å². The number of hydrogen-bond acceptors (Lipinski definition) is 4. The van der Waals surface area contributed by atoms with Gasteiger partial charge in [-0.25, -0.2) is 9.37 Å². The van der Waals surface area contributed by atoms with Crippen LogP contribution in [-0.4, -0.2) is 23.1 Å². The lowest BCUT2D eigenvalue weighted by Gasteiger charge is -2.26. The average molecular weight is 288 g/mol. The fourth-order valence-electron chi connectivity index (χ4n) is 2.05. The Hall–Kier alpha value is -2.63. The average Bonchev–Trinajstić information content (AvgIpc) is 2.53. The fourth-order valence-corrected chi connectivity index (χ4v) is 2.05. The summed E-state index contributed by atoms with van der Waals surface area (Å²) < 4.78 is 13.9. The molecule has 1 aromatic heterocycles. The molecule has 0 aliphatic rings. The first-order valence-electron chi connectivity index (χ1n) is 6.45. The van der Waals surface area contributed by atoms with Gasteiger partial charge in [-0.05, 0) is 25.1 Å². The van der Waals surface area contributed by atoms with Gasteiger partial charge < -0.3 is 15.8 Å². The zero-order valence-corrected chi connectivity index (χ0v) is 11.9. The lowest BCUT2D eigenvalue weighted by atomic mass is 10.1. The van der Waals surface area contributed by atoms with E-state index in [-0.39, 0.29) is 17.7 Å². The van der Waals surface area contributed by atoms with E-state index in [0.717, 1.165) is 0 Å². The van der Waals surface area contributed by atoms with Gasteiger partial charge in [0.2, 0.25) is 0 Å². The molecule has 1 aromatic carbocycles. The van der Waals surface area contributed by atoms with Gasteiger partial charge in [0.25, 0.3) is 0 Å². The fraction of sp³-hybridized carbons (Fsp3) is 0.200. The Morgan fingerprint density at radius 3 is 2.76 bits per heavy atom. The van der Waals surface area contributed by atoms with E-state index in [1.165, 1.54) is 6.07 Å². The third-order valence-corrected chi connectivity index (χ3v) is 3.45. The van der Waals surface area contributed by atoms with Gasteiger partial charge in [-0.2, -0.15) is 0 Å². The number of hydrogen-bond donors (Lipinski definition) is 2. The van der Waals surface area contributed by atoms with Gasteiger partial charge in [-0.3, -0.25) is 0 Å². The number of pyridine rings is 1. The van der Waals surface area contributed by atoms with Crippen molar-refractivity contribution >= 4 is 11.7 Å². The van der Waals surface area contributed by atoms with Crippen molar-refractivity contribution in [1.82, 2.24) is 4.98 Å². The van der Waals surface area contributed by atoms with E-state index < -0.39 is 0 Å². The van der Waals surface area contributed by atoms with Crippen LogP contribution in [0.5, 0.6) is 0 Å². The highest BCUT2D eigenvalue weighted by Crippen LogP contribution is 2.25. The van der Waals surface area contributed by atoms with E-state index in [2.05, 4.69) is 10.1 Å². The molecule has 0 aliphatic heterocycles. The minimum atomic E-state index is -0.260. The van der Waals surface area contributed by atoms with Crippen LogP contribution in [0.1, 0.15) is 24.1 Å². The smallest absolute Gasteiger partial charge is 0.170 e. The number of oxime groups is 1. The molecular formula is C15H17FN4O. The second-order valence-electron chi connectivity index (χ2n) is 4.70. The van der Waals surface area contributed by atoms with Crippen LogP contribution in [0.15, 0.2) is 47.8 Å². The first kappa shape index (κ1) is 14.8. The largest absolute Gasteiger partial charge is 0.409 e. The molecule has 110 valence electrons. The summed E-state index contributed by atoms with van der Waals surface area (Å²) >= 11 is 0. The van der Waals surface area contributed by atoms with Crippen LogP contribution in [0.4, 0.5) is 10.2 Å². The molecule has 0 radical (unpaired) electrons. The SMILES string of the molecule is CC(c1ccccc1F)N(C)c1cc(C(N)=NO)ccn1. The quantitative estimate of drug-likeness (QED) is 0.392. The molecule has 0 fully saturated rings. The molecule has 3 N–H and O–H groups in total. The monoisotopic (exact) mass is 288 g/mol. The molecule has 0 saturated carbocycles. The van der Waals surface area contributed by atoms with Crippen LogP contribution in [0, 0.1) is 5.82 Å². The Kier molecular flexibility index (Phi) is 4.37. The molecule has 1 unspecified atom stereocenters. The van der Waals surface area contributed by atoms with Crippen molar-refractivity contribution in [3.8, 4) is 0 Å². The molecule has 2 aromatic rings. The maximum absolute atomic E-state index is 13.9. The maximum Gasteiger partial charge on any atom is 0.170 e. The Balaban J connectivity index is 2.32. The van der Waals surface area contributed by atoms with Crippen molar-refractivity contribution in [2.45, 2.75) is 13.0 Å². The number of aromatic nitrogens is 1. The first-order chi connectivity index (χ1) is 10.0. The van der Waals surface area contributed by atoms with E-state index in [1.807, 2.05) is 18.9 Å². The summed E-state index contributed by atoms with van der Waals surface area (Å²) in [6.07, 6.45) is 1.56. The van der Waals surface area contributed by atoms with Gasteiger partial charge in [0.05, 0.1) is 6.04 Å². The molecule has 6 heteroatoms. The third-order valence-electron chi connectivity index (χ3n) is 3.45. The summed E-state index contributed by atoms with van der Waals surface area (Å²) in [6.45, 7) is 1.89. The van der Waals surface area contributed by atoms with Gasteiger partial charge in [0, 0.05) is 24.4 Å². The molecule has 2 rings (SSSR count). The Labute approximate surface area is 122 Å². The van der Waals surface area contributed by atoms with Gasteiger partial charge in [0.1, 0.15) is 11.6 Å². The number of halogens is 1. The summed E-state index contributed by atoms with van der Waals surface area (Å²) in [5, 5.41) is 11.7. The summed E-state index contributed by atoms with van der Waals surface area (Å²) in [5.41, 5.74) is 6.70. The molecule has 0 bridgehead atoms. The number of nitrogens with two attached hydrogens (primary N) is 1. The topological polar surface area (TPSA) is 74.7 Å². The van der Waals surface area contributed by atoms with Crippen LogP contribution in [-0.2, 0) is 0 Å². The summed E-state index contributed by atoms with van der Waals surface area (Å²) in [6, 6.07) is 9.74. The highest BCUT2D eigenvalue weighted by molar-refractivity contribution is 5.97. The Bertz CT molecular complexity index is 660. The van der Waals surface area contributed by atoms with Crippen molar-refractivity contribution in [2.24, 2.45) is 10.9 Å². The number of amidine groups is 1. The predicted octanol–water partition coefficient (Wildman–Crippen LogP) is 2.51. The number of benzene rings is 1. The van der Waals surface area contributed by atoms with E-state index in [4.69, 9.17) is 10.9 Å². The van der Waals surface area contributed by atoms with Crippen LogP contribution in [0.3, 0.4) is 0 Å². The molecule has 0 amide bonds. The third kappa shape index (κ3) is 3.10. The maximum atomic E-state index is 13.9. The highest BCUT2D eigenvalue weighted by Gasteiger charge is 2.17. The van der Waals surface area contributed by atoms with Crippen molar-refractivity contribution in [3.63, 3.8) is 0 Å². The van der Waals surface area contributed by atoms with Gasteiger partial charge in [-0.15, -0.1) is 0 Å². The number of rotatable bonds is 4. The Morgan fingerprint density at radius 1 is 1.38 bits per heavy atom. The van der Waals surface area contributed by atoms with Crippen molar-refractivity contribution in [2.75, 3.05) is 11.9 Å². The molecule has 1 heterocycles. The second-order valence-corrected chi connectivity index (χ2v) is 4.70. The molecule has 0 saturated heterocycles. The summed E-state index contributed by atoms with van der Waals surface area (Å²) in [5.74, 6) is 0.352. The predicted molar refractivity (Wildman–Crippen MR) is 80.0 cm³/mol. The molecule has 0 aliphatic carbocycles. The minimum absolute atomic E-state index is 0.00518. The second kappa shape index (κ2) is 6.21. The highest BCUT2D eigenvalue weighted by atomic mass is 19.1. The van der Waals surface area contributed by atoms with Gasteiger partial charge >= 0.3 is 0 Å². The first-order valence-corrected chi connectivity index (χ1v) is 6.45. The van der Waals surface area contributed by atoms with Gasteiger partial charge in [0.15, 0.2) is 5.84 Å². The van der Waals surface area contributed by atoms with Crippen molar-refractivity contribution < 1.29 is 9.60 Å². The lowest BCUT2D eigenvalue weighted by Crippen LogP contribution is -2.24. The number of nitrogens with zero attached hydrogens (tertiary/aromatic N) is 3. The molecule has 21 heavy (non-hydrogen) atoms. The van der Waals surface area contributed by atoms with E-state index >= 15 is 0 Å². The zero-order chi connectivity index (χ0) is 15.4. The van der Waals surface area contributed by atoms with Crippen LogP contribution in [0.25, 0.3) is 0 Å². The number of anilines is 1. The molecule has 5 nitrogen and oxygen atoms in total. The standard InChI is InChI=1S/C15H17FN4O/c1-10(12-5-3-4-6-13(12)16)20(2)14-9-11(7-8-18-14)15(17)19-21/h3-10,21H,1-2H3,(H2,17,19). The van der Waals surface area contributed by atoms with E-state index in [9.17, 15) is 4.39 Å². The summed E-state index contributed by atoms with van der Waals surface area (Å²) in [4.78, 5) is 6.07. The Morgan fingerprint density at radius 2 is 2.10 bits per heavy atom. The van der Waals surface area contributed by atoms with Crippen LogP contribution in [0.2, 0.25) is 0 Å². The van der Waals surface area contributed by atoms with E-state index in [1.54, 1.807) is 36.5 Å². The van der Waals surface area contributed by atoms with Crippen LogP contribution < -0.4 is 10.6 Å². The minimum Gasteiger partial charge on any atom is -0.409 e. The van der Waals surface area contributed by atoms with E-state index in [0.29, 0.717) is 16.9 Å². The molecule has 0 spiro atoms. The van der Waals surface area contributed by atoms with Crippen molar-refractivity contribution in [3.05, 3.63) is 59.5 Å². The molecular weight excluding hydrogens is 271 g/mol. The summed E-state index contributed by atoms with van der Waals surface area (Å²) in [7, 11) is 1.81. The molecule has 1 atom stereocenters. The lowest BCUT2D eigenvalue weighted by molar-refractivity contribution is 0.318. The van der Waals surface area contributed by atoms with Gasteiger partial charge in [-0.1, -0.05) is 23.4 Å².